The van der Waals surface area contributed by atoms with Crippen LogP contribution in [-0.2, 0) is 0 Å². The fourth-order valence-electron chi connectivity index (χ4n) is 1.32. The Balaban J connectivity index is 2.56. The Labute approximate surface area is 86.1 Å². The summed E-state index contributed by atoms with van der Waals surface area (Å²) in [5.41, 5.74) is 5.90. The van der Waals surface area contributed by atoms with Gasteiger partial charge in [0.1, 0.15) is 11.6 Å². The fourth-order valence-corrected chi connectivity index (χ4v) is 1.32. The van der Waals surface area contributed by atoms with Crippen LogP contribution in [0.15, 0.2) is 30.6 Å². The van der Waals surface area contributed by atoms with Crippen molar-refractivity contribution in [3.8, 4) is 11.4 Å². The molecule has 15 heavy (non-hydrogen) atoms. The van der Waals surface area contributed by atoms with E-state index in [0.29, 0.717) is 11.4 Å². The summed E-state index contributed by atoms with van der Waals surface area (Å²) in [6.45, 7) is 0. The van der Waals surface area contributed by atoms with Crippen LogP contribution in [0.3, 0.4) is 0 Å². The number of anilines is 1. The van der Waals surface area contributed by atoms with Crippen LogP contribution < -0.4 is 10.5 Å². The Hall–Kier alpha value is -2.04. The van der Waals surface area contributed by atoms with Crippen molar-refractivity contribution in [3.05, 3.63) is 36.4 Å². The largest absolute Gasteiger partial charge is 0.497 e. The molecule has 1 heterocycles. The molecule has 0 bridgehead atoms. The molecule has 0 aliphatic heterocycles. The lowest BCUT2D eigenvalue weighted by molar-refractivity contribution is 0.413. The zero-order chi connectivity index (χ0) is 10.8. The van der Waals surface area contributed by atoms with Gasteiger partial charge in [0.25, 0.3) is 0 Å². The number of halogens is 1. The van der Waals surface area contributed by atoms with Gasteiger partial charge in [-0.3, -0.25) is 4.57 Å². The van der Waals surface area contributed by atoms with E-state index in [4.69, 9.17) is 10.5 Å². The molecule has 0 aliphatic rings. The Morgan fingerprint density at radius 1 is 1.47 bits per heavy atom. The van der Waals surface area contributed by atoms with Crippen LogP contribution in [0.25, 0.3) is 5.69 Å². The summed E-state index contributed by atoms with van der Waals surface area (Å²) in [6, 6.07) is 4.44. The first-order chi connectivity index (χ1) is 7.22. The zero-order valence-electron chi connectivity index (χ0n) is 8.14. The molecule has 0 saturated carbocycles. The molecule has 0 radical (unpaired) electrons. The van der Waals surface area contributed by atoms with Crippen molar-refractivity contribution in [2.24, 2.45) is 0 Å². The molecule has 2 aromatic rings. The van der Waals surface area contributed by atoms with Gasteiger partial charge in [0, 0.05) is 18.5 Å². The first-order valence-corrected chi connectivity index (χ1v) is 4.35. The molecule has 2 N–H and O–H groups in total. The van der Waals surface area contributed by atoms with E-state index in [9.17, 15) is 4.39 Å². The van der Waals surface area contributed by atoms with Gasteiger partial charge >= 0.3 is 0 Å². The van der Waals surface area contributed by atoms with E-state index in [0.717, 1.165) is 0 Å². The van der Waals surface area contributed by atoms with E-state index in [-0.39, 0.29) is 11.8 Å². The van der Waals surface area contributed by atoms with E-state index in [1.807, 2.05) is 0 Å². The van der Waals surface area contributed by atoms with E-state index in [1.54, 1.807) is 18.3 Å². The second kappa shape index (κ2) is 3.61. The zero-order valence-corrected chi connectivity index (χ0v) is 8.14. The first kappa shape index (κ1) is 9.51. The molecule has 0 saturated heterocycles. The fraction of sp³-hybridized carbons (Fsp3) is 0.100. The highest BCUT2D eigenvalue weighted by molar-refractivity contribution is 5.44. The number of nitrogens with zero attached hydrogens (tertiary/aromatic N) is 2. The topological polar surface area (TPSA) is 53.1 Å². The van der Waals surface area contributed by atoms with Crippen LogP contribution >= 0.6 is 0 Å². The van der Waals surface area contributed by atoms with Crippen LogP contribution in [-0.4, -0.2) is 16.7 Å². The van der Waals surface area contributed by atoms with Crippen molar-refractivity contribution >= 4 is 5.95 Å². The molecule has 0 spiro atoms. The normalized spacial score (nSPS) is 10.3. The standard InChI is InChI=1S/C10H10FN3O/c1-15-7-2-3-8(11)9(6-7)14-5-4-13-10(14)12/h2-6H,1H3,(H2,12,13). The Bertz CT molecular complexity index is 481. The van der Waals surface area contributed by atoms with Crippen molar-refractivity contribution in [3.63, 3.8) is 0 Å². The summed E-state index contributed by atoms with van der Waals surface area (Å²) in [4.78, 5) is 3.82. The van der Waals surface area contributed by atoms with Gasteiger partial charge in [0.15, 0.2) is 0 Å². The summed E-state index contributed by atoms with van der Waals surface area (Å²) in [5, 5.41) is 0. The number of methoxy groups -OCH3 is 1. The number of nitrogen functional groups attached to an aromatic ring is 1. The van der Waals surface area contributed by atoms with Gasteiger partial charge in [-0.2, -0.15) is 0 Å². The molecular formula is C10H10FN3O. The Morgan fingerprint density at radius 2 is 2.27 bits per heavy atom. The maximum Gasteiger partial charge on any atom is 0.204 e. The molecule has 2 rings (SSSR count). The number of hydrogen-bond donors (Lipinski definition) is 1. The summed E-state index contributed by atoms with van der Waals surface area (Å²) in [5.74, 6) is 0.433. The van der Waals surface area contributed by atoms with Crippen molar-refractivity contribution < 1.29 is 9.13 Å². The predicted molar refractivity (Wildman–Crippen MR) is 54.5 cm³/mol. The van der Waals surface area contributed by atoms with Gasteiger partial charge in [0.05, 0.1) is 12.8 Å². The third kappa shape index (κ3) is 1.63. The highest BCUT2D eigenvalue weighted by atomic mass is 19.1. The average molecular weight is 207 g/mol. The number of imidazole rings is 1. The molecular weight excluding hydrogens is 197 g/mol. The van der Waals surface area contributed by atoms with Crippen LogP contribution in [0.2, 0.25) is 0 Å². The molecule has 0 aliphatic carbocycles. The molecule has 5 heteroatoms. The highest BCUT2D eigenvalue weighted by Gasteiger charge is 2.08. The van der Waals surface area contributed by atoms with Crippen molar-refractivity contribution in [1.29, 1.82) is 0 Å². The summed E-state index contributed by atoms with van der Waals surface area (Å²) in [7, 11) is 1.52. The van der Waals surface area contributed by atoms with Crippen LogP contribution in [0.1, 0.15) is 0 Å². The monoisotopic (exact) mass is 207 g/mol. The summed E-state index contributed by atoms with van der Waals surface area (Å²) in [6.07, 6.45) is 3.10. The molecule has 1 aromatic heterocycles. The minimum atomic E-state index is -0.375. The minimum absolute atomic E-state index is 0.238. The van der Waals surface area contributed by atoms with Gasteiger partial charge < -0.3 is 10.5 Å². The number of aromatic nitrogens is 2. The third-order valence-electron chi connectivity index (χ3n) is 2.08. The first-order valence-electron chi connectivity index (χ1n) is 4.35. The van der Waals surface area contributed by atoms with E-state index in [1.165, 1.54) is 23.9 Å². The molecule has 78 valence electrons. The van der Waals surface area contributed by atoms with Crippen molar-refractivity contribution in [2.45, 2.75) is 0 Å². The second-order valence-electron chi connectivity index (χ2n) is 2.97. The number of nitrogens with two attached hydrogens (primary N) is 1. The highest BCUT2D eigenvalue weighted by Crippen LogP contribution is 2.21. The number of rotatable bonds is 2. The van der Waals surface area contributed by atoms with E-state index >= 15 is 0 Å². The number of ether oxygens (including phenoxy) is 1. The van der Waals surface area contributed by atoms with Crippen molar-refractivity contribution in [1.82, 2.24) is 9.55 Å². The van der Waals surface area contributed by atoms with E-state index < -0.39 is 0 Å². The molecule has 0 fully saturated rings. The maximum absolute atomic E-state index is 13.5. The average Bonchev–Trinajstić information content (AvgIpc) is 2.65. The smallest absolute Gasteiger partial charge is 0.204 e. The quantitative estimate of drug-likeness (QED) is 0.813. The maximum atomic E-state index is 13.5. The molecule has 0 amide bonds. The van der Waals surface area contributed by atoms with Crippen molar-refractivity contribution in [2.75, 3.05) is 12.8 Å². The van der Waals surface area contributed by atoms with Crippen LogP contribution in [0.5, 0.6) is 5.75 Å². The molecule has 0 unspecified atom stereocenters. The lowest BCUT2D eigenvalue weighted by atomic mass is 10.3. The van der Waals surface area contributed by atoms with Gasteiger partial charge in [-0.25, -0.2) is 9.37 Å². The number of benzene rings is 1. The predicted octanol–water partition coefficient (Wildman–Crippen LogP) is 1.60. The summed E-state index contributed by atoms with van der Waals surface area (Å²) >= 11 is 0. The molecule has 1 aromatic carbocycles. The lowest BCUT2D eigenvalue weighted by Crippen LogP contribution is -2.02. The van der Waals surface area contributed by atoms with Gasteiger partial charge in [-0.1, -0.05) is 0 Å². The SMILES string of the molecule is COc1ccc(F)c(-n2ccnc2N)c1. The summed E-state index contributed by atoms with van der Waals surface area (Å²) < 4.78 is 20.0. The van der Waals surface area contributed by atoms with Crippen LogP contribution in [0, 0.1) is 5.82 Å². The van der Waals surface area contributed by atoms with E-state index in [2.05, 4.69) is 4.98 Å². The molecule has 4 nitrogen and oxygen atoms in total. The van der Waals surface area contributed by atoms with Gasteiger partial charge in [-0.05, 0) is 12.1 Å². The second-order valence-corrected chi connectivity index (χ2v) is 2.97. The van der Waals surface area contributed by atoms with Gasteiger partial charge in [0.2, 0.25) is 5.95 Å². The Morgan fingerprint density at radius 3 is 2.87 bits per heavy atom. The minimum Gasteiger partial charge on any atom is -0.497 e. The lowest BCUT2D eigenvalue weighted by Gasteiger charge is -2.07. The number of hydrogen-bond acceptors (Lipinski definition) is 3. The van der Waals surface area contributed by atoms with Crippen LogP contribution in [0.4, 0.5) is 10.3 Å². The third-order valence-corrected chi connectivity index (χ3v) is 2.08. The molecule has 0 atom stereocenters. The Kier molecular flexibility index (Phi) is 2.29. The van der Waals surface area contributed by atoms with Gasteiger partial charge in [-0.15, -0.1) is 0 Å².